The van der Waals surface area contributed by atoms with Gasteiger partial charge in [-0.15, -0.1) is 0 Å². The molecule has 0 fully saturated rings. The highest BCUT2D eigenvalue weighted by atomic mass is 127. The van der Waals surface area contributed by atoms with Crippen LogP contribution < -0.4 is 10.0 Å². The summed E-state index contributed by atoms with van der Waals surface area (Å²) in [4.78, 5) is 11.7. The van der Waals surface area contributed by atoms with Gasteiger partial charge in [-0.3, -0.25) is 4.72 Å². The molecule has 0 aliphatic heterocycles. The molecule has 0 spiro atoms. The molecule has 164 valence electrons. The number of rotatable bonds is 6. The summed E-state index contributed by atoms with van der Waals surface area (Å²) in [7, 11) is -1.88. The zero-order valence-corrected chi connectivity index (χ0v) is 19.0. The lowest BCUT2D eigenvalue weighted by Crippen LogP contribution is -2.19. The first-order chi connectivity index (χ1) is 14.5. The Labute approximate surface area is 189 Å². The average molecular weight is 565 g/mol. The molecular weight excluding hydrogens is 550 g/mol. The Kier molecular flexibility index (Phi) is 6.50. The fourth-order valence-corrected chi connectivity index (χ4v) is 4.48. The maximum atomic E-state index is 14.5. The number of carbonyl (C=O) groups is 1. The summed E-state index contributed by atoms with van der Waals surface area (Å²) >= 11 is 1.88. The second-order valence-electron chi connectivity index (χ2n) is 6.25. The van der Waals surface area contributed by atoms with Gasteiger partial charge >= 0.3 is 5.97 Å². The number of carbonyl (C=O) groups excluding carboxylic acids is 1. The molecule has 1 aromatic heterocycles. The van der Waals surface area contributed by atoms with Gasteiger partial charge in [0.05, 0.1) is 18.5 Å². The third kappa shape index (κ3) is 4.63. The van der Waals surface area contributed by atoms with Crippen LogP contribution >= 0.6 is 22.6 Å². The van der Waals surface area contributed by atoms with Crippen molar-refractivity contribution in [2.45, 2.75) is 5.03 Å². The van der Waals surface area contributed by atoms with E-state index in [1.807, 2.05) is 22.6 Å². The standard InChI is InChI=1S/C19H15F3IN3O4S/c1-26-15(19(27)30-2)7-8-16(26)31(28,29)25-14-6-4-11(20)17(22)18(14)24-13-5-3-10(23)9-12(13)21/h3-9,24-25H,1-2H3. The maximum Gasteiger partial charge on any atom is 0.354 e. The highest BCUT2D eigenvalue weighted by Crippen LogP contribution is 2.33. The largest absolute Gasteiger partial charge is 0.464 e. The number of nitrogens with one attached hydrogen (secondary N) is 2. The number of sulfonamides is 1. The van der Waals surface area contributed by atoms with Gasteiger partial charge in [0, 0.05) is 10.6 Å². The smallest absolute Gasteiger partial charge is 0.354 e. The molecule has 0 atom stereocenters. The van der Waals surface area contributed by atoms with Crippen molar-refractivity contribution in [1.29, 1.82) is 0 Å². The monoisotopic (exact) mass is 565 g/mol. The number of hydrogen-bond donors (Lipinski definition) is 2. The minimum atomic E-state index is -4.35. The van der Waals surface area contributed by atoms with Crippen molar-refractivity contribution in [1.82, 2.24) is 4.57 Å². The van der Waals surface area contributed by atoms with Crippen LogP contribution in [0.4, 0.5) is 30.2 Å². The van der Waals surface area contributed by atoms with Crippen molar-refractivity contribution < 1.29 is 31.1 Å². The molecule has 12 heteroatoms. The molecule has 0 unspecified atom stereocenters. The molecule has 0 radical (unpaired) electrons. The number of nitrogens with zero attached hydrogens (tertiary/aromatic N) is 1. The minimum absolute atomic E-state index is 0.0348. The van der Waals surface area contributed by atoms with Crippen LogP contribution in [0.1, 0.15) is 10.5 Å². The second kappa shape index (κ2) is 8.78. The number of aromatic nitrogens is 1. The maximum absolute atomic E-state index is 14.5. The molecule has 0 aliphatic carbocycles. The van der Waals surface area contributed by atoms with Crippen LogP contribution in [0.5, 0.6) is 0 Å². The highest BCUT2D eigenvalue weighted by Gasteiger charge is 2.25. The van der Waals surface area contributed by atoms with Gasteiger partial charge in [0.1, 0.15) is 17.2 Å². The molecule has 0 amide bonds. The summed E-state index contributed by atoms with van der Waals surface area (Å²) in [6, 6.07) is 8.12. The predicted molar refractivity (Wildman–Crippen MR) is 116 cm³/mol. The zero-order chi connectivity index (χ0) is 22.9. The number of halogens is 4. The number of benzene rings is 2. The lowest BCUT2D eigenvalue weighted by atomic mass is 10.2. The molecule has 1 heterocycles. The van der Waals surface area contributed by atoms with Crippen LogP contribution in [0.2, 0.25) is 0 Å². The molecule has 0 saturated carbocycles. The van der Waals surface area contributed by atoms with Crippen LogP contribution in [0.3, 0.4) is 0 Å². The Morgan fingerprint density at radius 1 is 1.03 bits per heavy atom. The van der Waals surface area contributed by atoms with Crippen molar-refractivity contribution in [2.75, 3.05) is 17.1 Å². The van der Waals surface area contributed by atoms with Gasteiger partial charge in [0.15, 0.2) is 16.7 Å². The molecule has 31 heavy (non-hydrogen) atoms. The summed E-state index contributed by atoms with van der Waals surface area (Å²) < 4.78 is 76.6. The van der Waals surface area contributed by atoms with E-state index in [1.54, 1.807) is 0 Å². The van der Waals surface area contributed by atoms with E-state index in [-0.39, 0.29) is 22.1 Å². The summed E-state index contributed by atoms with van der Waals surface area (Å²) in [6.07, 6.45) is 0. The molecule has 0 saturated heterocycles. The van der Waals surface area contributed by atoms with Crippen molar-refractivity contribution in [2.24, 2.45) is 7.05 Å². The van der Waals surface area contributed by atoms with E-state index < -0.39 is 39.1 Å². The van der Waals surface area contributed by atoms with Crippen molar-refractivity contribution in [3.8, 4) is 0 Å². The van der Waals surface area contributed by atoms with E-state index >= 15 is 0 Å². The van der Waals surface area contributed by atoms with Crippen LogP contribution in [-0.2, 0) is 21.8 Å². The van der Waals surface area contributed by atoms with E-state index in [9.17, 15) is 26.4 Å². The predicted octanol–water partition coefficient (Wildman–Crippen LogP) is 4.38. The number of ether oxygens (including phenoxy) is 1. The lowest BCUT2D eigenvalue weighted by molar-refractivity contribution is 0.0589. The highest BCUT2D eigenvalue weighted by molar-refractivity contribution is 14.1. The van der Waals surface area contributed by atoms with E-state index in [1.165, 1.54) is 31.3 Å². The first-order valence-corrected chi connectivity index (χ1v) is 11.1. The molecule has 2 aromatic carbocycles. The quantitative estimate of drug-likeness (QED) is 0.342. The molecule has 0 bridgehead atoms. The van der Waals surface area contributed by atoms with Crippen LogP contribution in [0.25, 0.3) is 0 Å². The molecule has 7 nitrogen and oxygen atoms in total. The number of methoxy groups -OCH3 is 1. The van der Waals surface area contributed by atoms with Crippen LogP contribution in [0.15, 0.2) is 47.5 Å². The van der Waals surface area contributed by atoms with Gasteiger partial charge in [-0.1, -0.05) is 0 Å². The van der Waals surface area contributed by atoms with Crippen LogP contribution in [-0.4, -0.2) is 26.1 Å². The Balaban J connectivity index is 2.03. The Morgan fingerprint density at radius 2 is 1.71 bits per heavy atom. The number of esters is 1. The summed E-state index contributed by atoms with van der Waals surface area (Å²) in [5.74, 6) is -4.16. The SMILES string of the molecule is COC(=O)c1ccc(S(=O)(=O)Nc2ccc(F)c(F)c2Nc2ccc(I)cc2F)n1C. The normalized spacial score (nSPS) is 11.3. The Morgan fingerprint density at radius 3 is 2.35 bits per heavy atom. The average Bonchev–Trinajstić information content (AvgIpc) is 3.10. The summed E-state index contributed by atoms with van der Waals surface area (Å²) in [5, 5.41) is 2.07. The Hall–Kier alpha value is -2.74. The van der Waals surface area contributed by atoms with E-state index in [2.05, 4.69) is 14.8 Å². The van der Waals surface area contributed by atoms with Gasteiger partial charge in [0.2, 0.25) is 0 Å². The fourth-order valence-electron chi connectivity index (χ4n) is 2.75. The van der Waals surface area contributed by atoms with E-state index in [4.69, 9.17) is 0 Å². The van der Waals surface area contributed by atoms with Gasteiger partial charge in [-0.2, -0.15) is 8.42 Å². The number of hydrogen-bond acceptors (Lipinski definition) is 5. The summed E-state index contributed by atoms with van der Waals surface area (Å²) in [6.45, 7) is 0. The van der Waals surface area contributed by atoms with Crippen molar-refractivity contribution >= 4 is 55.6 Å². The van der Waals surface area contributed by atoms with E-state index in [0.29, 0.717) is 3.57 Å². The van der Waals surface area contributed by atoms with Crippen molar-refractivity contribution in [3.05, 3.63) is 69.2 Å². The molecule has 0 aliphatic rings. The molecule has 2 N–H and O–H groups in total. The second-order valence-corrected chi connectivity index (χ2v) is 9.12. The van der Waals surface area contributed by atoms with Gasteiger partial charge in [-0.05, 0) is 65.1 Å². The van der Waals surface area contributed by atoms with Gasteiger partial charge in [-0.25, -0.2) is 18.0 Å². The van der Waals surface area contributed by atoms with E-state index in [0.717, 1.165) is 29.9 Å². The lowest BCUT2D eigenvalue weighted by Gasteiger charge is -2.16. The topological polar surface area (TPSA) is 89.4 Å². The molecule has 3 rings (SSSR count). The van der Waals surface area contributed by atoms with Crippen LogP contribution in [0, 0.1) is 21.0 Å². The fraction of sp³-hybridized carbons (Fsp3) is 0.105. The van der Waals surface area contributed by atoms with Gasteiger partial charge < -0.3 is 14.6 Å². The van der Waals surface area contributed by atoms with Gasteiger partial charge in [0.25, 0.3) is 10.0 Å². The molecule has 3 aromatic rings. The zero-order valence-electron chi connectivity index (χ0n) is 16.0. The minimum Gasteiger partial charge on any atom is -0.464 e. The third-order valence-corrected chi connectivity index (χ3v) is 6.40. The van der Waals surface area contributed by atoms with Crippen molar-refractivity contribution in [3.63, 3.8) is 0 Å². The molecular formula is C19H15F3IN3O4S. The number of anilines is 3. The Bertz CT molecular complexity index is 1280. The summed E-state index contributed by atoms with van der Waals surface area (Å²) in [5.41, 5.74) is -1.19. The first-order valence-electron chi connectivity index (χ1n) is 8.52. The third-order valence-electron chi connectivity index (χ3n) is 4.28. The first kappa shape index (κ1) is 22.9.